The molecule has 2 aromatic rings. The fraction of sp³-hybridized carbons (Fsp3) is 0.238. The standard InChI is InChI=1S/C21H21NO4/c1-3-4-7-14-10-12-15(13-11-14)22-20(24)18(19(23)21(22)25)16-8-5-6-9-17(16)26-2/h5-6,8-13,23H,3-4,7H2,1-2H3. The van der Waals surface area contributed by atoms with E-state index in [2.05, 4.69) is 6.92 Å². The van der Waals surface area contributed by atoms with Crippen LogP contribution in [0.1, 0.15) is 30.9 Å². The van der Waals surface area contributed by atoms with Crippen LogP contribution in [-0.4, -0.2) is 24.0 Å². The van der Waals surface area contributed by atoms with E-state index in [0.717, 1.165) is 29.7 Å². The van der Waals surface area contributed by atoms with E-state index in [-0.39, 0.29) is 5.57 Å². The van der Waals surface area contributed by atoms with Gasteiger partial charge in [-0.05, 0) is 36.6 Å². The van der Waals surface area contributed by atoms with Crippen molar-refractivity contribution in [2.45, 2.75) is 26.2 Å². The van der Waals surface area contributed by atoms with Gasteiger partial charge in [-0.15, -0.1) is 0 Å². The van der Waals surface area contributed by atoms with Crippen LogP contribution in [0.4, 0.5) is 5.69 Å². The highest BCUT2D eigenvalue weighted by atomic mass is 16.5. The van der Waals surface area contributed by atoms with Crippen molar-refractivity contribution in [1.82, 2.24) is 0 Å². The molecule has 26 heavy (non-hydrogen) atoms. The maximum Gasteiger partial charge on any atom is 0.301 e. The molecule has 0 bridgehead atoms. The molecule has 0 atom stereocenters. The lowest BCUT2D eigenvalue weighted by Crippen LogP contribution is -2.31. The number of aliphatic hydroxyl groups is 1. The summed E-state index contributed by atoms with van der Waals surface area (Å²) < 4.78 is 5.26. The third-order valence-electron chi connectivity index (χ3n) is 4.45. The van der Waals surface area contributed by atoms with Crippen molar-refractivity contribution in [1.29, 1.82) is 0 Å². The minimum absolute atomic E-state index is 0.0393. The second-order valence-corrected chi connectivity index (χ2v) is 6.14. The molecule has 5 nitrogen and oxygen atoms in total. The van der Waals surface area contributed by atoms with E-state index in [4.69, 9.17) is 4.74 Å². The number of carbonyl (C=O) groups excluding carboxylic acids is 2. The van der Waals surface area contributed by atoms with Gasteiger partial charge in [-0.2, -0.15) is 0 Å². The molecular formula is C21H21NO4. The molecule has 2 amide bonds. The first-order valence-corrected chi connectivity index (χ1v) is 8.62. The number of unbranched alkanes of at least 4 members (excludes halogenated alkanes) is 1. The van der Waals surface area contributed by atoms with Crippen molar-refractivity contribution < 1.29 is 19.4 Å². The number of nitrogens with zero attached hydrogens (tertiary/aromatic N) is 1. The van der Waals surface area contributed by atoms with E-state index >= 15 is 0 Å². The van der Waals surface area contributed by atoms with Crippen molar-refractivity contribution in [3.8, 4) is 5.75 Å². The Hall–Kier alpha value is -3.08. The van der Waals surface area contributed by atoms with Gasteiger partial charge < -0.3 is 9.84 Å². The number of benzene rings is 2. The van der Waals surface area contributed by atoms with Crippen LogP contribution in [0.25, 0.3) is 5.57 Å². The van der Waals surface area contributed by atoms with E-state index in [0.29, 0.717) is 17.0 Å². The molecule has 0 radical (unpaired) electrons. The van der Waals surface area contributed by atoms with Gasteiger partial charge in [0.2, 0.25) is 0 Å². The molecule has 0 saturated carbocycles. The van der Waals surface area contributed by atoms with Gasteiger partial charge in [0.25, 0.3) is 5.91 Å². The van der Waals surface area contributed by atoms with Crippen LogP contribution in [0.3, 0.4) is 0 Å². The van der Waals surface area contributed by atoms with Crippen molar-refractivity contribution in [2.24, 2.45) is 0 Å². The number of imide groups is 1. The first-order chi connectivity index (χ1) is 12.6. The van der Waals surface area contributed by atoms with Gasteiger partial charge in [0, 0.05) is 5.56 Å². The van der Waals surface area contributed by atoms with Crippen LogP contribution in [0.5, 0.6) is 5.75 Å². The zero-order valence-corrected chi connectivity index (χ0v) is 14.9. The number of methoxy groups -OCH3 is 1. The zero-order valence-electron chi connectivity index (χ0n) is 14.9. The van der Waals surface area contributed by atoms with E-state index < -0.39 is 17.6 Å². The van der Waals surface area contributed by atoms with E-state index in [1.54, 1.807) is 36.4 Å². The quantitative estimate of drug-likeness (QED) is 0.802. The molecule has 0 fully saturated rings. The Morgan fingerprint density at radius 1 is 1.00 bits per heavy atom. The summed E-state index contributed by atoms with van der Waals surface area (Å²) in [5.41, 5.74) is 1.95. The van der Waals surface area contributed by atoms with Crippen LogP contribution in [0, 0.1) is 0 Å². The molecule has 2 aromatic carbocycles. The third kappa shape index (κ3) is 3.08. The number of ether oxygens (including phenoxy) is 1. The molecule has 3 rings (SSSR count). The number of aryl methyl sites for hydroxylation is 1. The highest BCUT2D eigenvalue weighted by Crippen LogP contribution is 2.35. The Bertz CT molecular complexity index is 868. The van der Waals surface area contributed by atoms with Gasteiger partial charge in [-0.3, -0.25) is 9.59 Å². The summed E-state index contributed by atoms with van der Waals surface area (Å²) in [6.45, 7) is 2.13. The number of para-hydroxylation sites is 1. The highest BCUT2D eigenvalue weighted by Gasteiger charge is 2.41. The SMILES string of the molecule is CCCCc1ccc(N2C(=O)C(O)=C(c3ccccc3OC)C2=O)cc1. The fourth-order valence-corrected chi connectivity index (χ4v) is 3.04. The Morgan fingerprint density at radius 3 is 2.35 bits per heavy atom. The maximum absolute atomic E-state index is 12.9. The van der Waals surface area contributed by atoms with E-state index in [1.165, 1.54) is 7.11 Å². The smallest absolute Gasteiger partial charge is 0.301 e. The Morgan fingerprint density at radius 2 is 1.69 bits per heavy atom. The molecule has 0 spiro atoms. The largest absolute Gasteiger partial charge is 0.502 e. The topological polar surface area (TPSA) is 66.8 Å². The molecule has 0 aromatic heterocycles. The summed E-state index contributed by atoms with van der Waals surface area (Å²) in [5.74, 6) is -1.42. The molecular weight excluding hydrogens is 330 g/mol. The number of hydrogen-bond acceptors (Lipinski definition) is 4. The number of anilines is 1. The highest BCUT2D eigenvalue weighted by molar-refractivity contribution is 6.45. The first kappa shape index (κ1) is 17.7. The molecule has 1 aliphatic rings. The molecule has 1 aliphatic heterocycles. The van der Waals surface area contributed by atoms with Gasteiger partial charge in [-0.25, -0.2) is 4.90 Å². The van der Waals surface area contributed by atoms with Crippen LogP contribution in [-0.2, 0) is 16.0 Å². The van der Waals surface area contributed by atoms with Gasteiger partial charge in [-0.1, -0.05) is 43.7 Å². The fourth-order valence-electron chi connectivity index (χ4n) is 3.04. The molecule has 1 N–H and O–H groups in total. The number of amides is 2. The second-order valence-electron chi connectivity index (χ2n) is 6.14. The maximum atomic E-state index is 12.9. The van der Waals surface area contributed by atoms with Crippen molar-refractivity contribution in [2.75, 3.05) is 12.0 Å². The normalized spacial score (nSPS) is 14.3. The molecule has 0 saturated heterocycles. The van der Waals surface area contributed by atoms with E-state index in [1.807, 2.05) is 12.1 Å². The van der Waals surface area contributed by atoms with Gasteiger partial charge in [0.1, 0.15) is 5.75 Å². The third-order valence-corrected chi connectivity index (χ3v) is 4.45. The lowest BCUT2D eigenvalue weighted by molar-refractivity contribution is -0.121. The Kier molecular flexibility index (Phi) is 5.07. The molecule has 1 heterocycles. The van der Waals surface area contributed by atoms with Crippen LogP contribution in [0.2, 0.25) is 0 Å². The predicted octanol–water partition coefficient (Wildman–Crippen LogP) is 3.88. The van der Waals surface area contributed by atoms with Gasteiger partial charge in [0.15, 0.2) is 5.76 Å². The van der Waals surface area contributed by atoms with Gasteiger partial charge in [0.05, 0.1) is 18.4 Å². The van der Waals surface area contributed by atoms with Crippen molar-refractivity contribution in [3.05, 3.63) is 65.4 Å². The minimum atomic E-state index is -0.725. The van der Waals surface area contributed by atoms with E-state index in [9.17, 15) is 14.7 Å². The average molecular weight is 351 g/mol. The van der Waals surface area contributed by atoms with Crippen LogP contribution < -0.4 is 9.64 Å². The average Bonchev–Trinajstić information content (AvgIpc) is 2.89. The summed E-state index contributed by atoms with van der Waals surface area (Å²) in [4.78, 5) is 26.4. The Labute approximate surface area is 152 Å². The molecule has 5 heteroatoms. The summed E-state index contributed by atoms with van der Waals surface area (Å²) >= 11 is 0. The summed E-state index contributed by atoms with van der Waals surface area (Å²) in [5, 5.41) is 10.3. The Balaban J connectivity index is 1.93. The minimum Gasteiger partial charge on any atom is -0.502 e. The number of carbonyl (C=O) groups is 2. The summed E-state index contributed by atoms with van der Waals surface area (Å²) in [6, 6.07) is 14.1. The van der Waals surface area contributed by atoms with Crippen molar-refractivity contribution in [3.63, 3.8) is 0 Å². The lowest BCUT2D eigenvalue weighted by Gasteiger charge is -2.15. The van der Waals surface area contributed by atoms with Crippen LogP contribution in [0.15, 0.2) is 54.3 Å². The monoisotopic (exact) mass is 351 g/mol. The summed E-state index contributed by atoms with van der Waals surface area (Å²) in [7, 11) is 1.48. The summed E-state index contributed by atoms with van der Waals surface area (Å²) in [6.07, 6.45) is 3.14. The zero-order chi connectivity index (χ0) is 18.7. The van der Waals surface area contributed by atoms with Gasteiger partial charge >= 0.3 is 5.91 Å². The molecule has 0 unspecified atom stereocenters. The lowest BCUT2D eigenvalue weighted by atomic mass is 10.0. The van der Waals surface area contributed by atoms with Crippen molar-refractivity contribution >= 4 is 23.1 Å². The number of rotatable bonds is 6. The number of hydrogen-bond donors (Lipinski definition) is 1. The first-order valence-electron chi connectivity index (χ1n) is 8.62. The number of aliphatic hydroxyl groups excluding tert-OH is 1. The van der Waals surface area contributed by atoms with Crippen LogP contribution >= 0.6 is 0 Å². The molecule has 0 aliphatic carbocycles. The molecule has 134 valence electrons. The predicted molar refractivity (Wildman–Crippen MR) is 100 cm³/mol. The second kappa shape index (κ2) is 7.44.